The fourth-order valence-corrected chi connectivity index (χ4v) is 3.15. The van der Waals surface area contributed by atoms with Crippen LogP contribution in [0.3, 0.4) is 0 Å². The Balaban J connectivity index is 1.60. The third kappa shape index (κ3) is 5.57. The number of amides is 1. The number of hydrogen-bond donors (Lipinski definition) is 2. The Hall–Kier alpha value is -0.650. The first-order chi connectivity index (χ1) is 10.2. The van der Waals surface area contributed by atoms with E-state index in [4.69, 9.17) is 4.74 Å². The molecule has 5 heteroatoms. The monoisotopic (exact) mass is 298 g/mol. The highest BCUT2D eigenvalue weighted by molar-refractivity contribution is 5.81. The number of hydrogen-bond acceptors (Lipinski definition) is 4. The minimum Gasteiger partial charge on any atom is -0.389 e. The number of piperidine rings is 1. The van der Waals surface area contributed by atoms with Crippen molar-refractivity contribution in [3.63, 3.8) is 0 Å². The van der Waals surface area contributed by atoms with Gasteiger partial charge in [-0.15, -0.1) is 0 Å². The van der Waals surface area contributed by atoms with Crippen molar-refractivity contribution in [2.45, 2.75) is 70.1 Å². The van der Waals surface area contributed by atoms with Gasteiger partial charge in [-0.1, -0.05) is 12.8 Å². The fourth-order valence-electron chi connectivity index (χ4n) is 3.15. The summed E-state index contributed by atoms with van der Waals surface area (Å²) in [5.41, 5.74) is 0. The van der Waals surface area contributed by atoms with Gasteiger partial charge in [-0.25, -0.2) is 0 Å². The maximum atomic E-state index is 12.2. The van der Waals surface area contributed by atoms with E-state index in [9.17, 15) is 9.90 Å². The van der Waals surface area contributed by atoms with Crippen LogP contribution in [0.15, 0.2) is 0 Å². The zero-order valence-corrected chi connectivity index (χ0v) is 13.2. The highest BCUT2D eigenvalue weighted by Crippen LogP contribution is 2.20. The lowest BCUT2D eigenvalue weighted by Gasteiger charge is -2.29. The summed E-state index contributed by atoms with van der Waals surface area (Å²) in [5.74, 6) is 0.151. The Kier molecular flexibility index (Phi) is 6.93. The van der Waals surface area contributed by atoms with Crippen molar-refractivity contribution in [2.24, 2.45) is 0 Å². The zero-order valence-electron chi connectivity index (χ0n) is 13.2. The molecule has 2 N–H and O–H groups in total. The highest BCUT2D eigenvalue weighted by Gasteiger charge is 2.22. The van der Waals surface area contributed by atoms with Crippen LogP contribution in [0.1, 0.15) is 51.9 Å². The van der Waals surface area contributed by atoms with E-state index >= 15 is 0 Å². The van der Waals surface area contributed by atoms with Crippen LogP contribution in [0.25, 0.3) is 0 Å². The molecule has 5 nitrogen and oxygen atoms in total. The van der Waals surface area contributed by atoms with Gasteiger partial charge in [0, 0.05) is 19.6 Å². The number of aliphatic hydroxyl groups excluding tert-OH is 1. The number of rotatable bonds is 7. The van der Waals surface area contributed by atoms with Crippen LogP contribution in [0.5, 0.6) is 0 Å². The summed E-state index contributed by atoms with van der Waals surface area (Å²) in [6, 6.07) is -0.232. The van der Waals surface area contributed by atoms with Gasteiger partial charge < -0.3 is 20.1 Å². The molecule has 2 rings (SSSR count). The van der Waals surface area contributed by atoms with Gasteiger partial charge in [0.1, 0.15) is 0 Å². The molecule has 0 aromatic heterocycles. The maximum absolute atomic E-state index is 12.2. The molecule has 122 valence electrons. The van der Waals surface area contributed by atoms with Gasteiger partial charge in [0.15, 0.2) is 0 Å². The molecule has 0 spiro atoms. The second-order valence-corrected chi connectivity index (χ2v) is 6.41. The van der Waals surface area contributed by atoms with Crippen LogP contribution < -0.4 is 5.32 Å². The third-order valence-electron chi connectivity index (χ3n) is 4.52. The summed E-state index contributed by atoms with van der Waals surface area (Å²) in [6.45, 7) is 4.40. The second-order valence-electron chi connectivity index (χ2n) is 6.41. The van der Waals surface area contributed by atoms with Crippen molar-refractivity contribution < 1.29 is 14.6 Å². The van der Waals surface area contributed by atoms with Crippen molar-refractivity contribution in [3.8, 4) is 0 Å². The SMILES string of the molecule is CC(NCC(O)COC1CCCC1)C(=O)N1CCCCC1. The van der Waals surface area contributed by atoms with Gasteiger partial charge in [0.05, 0.1) is 24.9 Å². The number of nitrogens with one attached hydrogen (secondary N) is 1. The van der Waals surface area contributed by atoms with E-state index in [-0.39, 0.29) is 11.9 Å². The van der Waals surface area contributed by atoms with Gasteiger partial charge in [0.25, 0.3) is 0 Å². The molecule has 2 unspecified atom stereocenters. The predicted molar refractivity (Wildman–Crippen MR) is 82.1 cm³/mol. The number of carbonyl (C=O) groups is 1. The van der Waals surface area contributed by atoms with Crippen LogP contribution in [0.2, 0.25) is 0 Å². The topological polar surface area (TPSA) is 61.8 Å². The lowest BCUT2D eigenvalue weighted by atomic mass is 10.1. The number of carbonyl (C=O) groups excluding carboxylic acids is 1. The molecule has 2 fully saturated rings. The van der Waals surface area contributed by atoms with Crippen LogP contribution in [-0.4, -0.2) is 60.4 Å². The molecule has 0 radical (unpaired) electrons. The number of nitrogens with zero attached hydrogens (tertiary/aromatic N) is 1. The molecular weight excluding hydrogens is 268 g/mol. The zero-order chi connectivity index (χ0) is 15.1. The van der Waals surface area contributed by atoms with Crippen molar-refractivity contribution in [1.29, 1.82) is 0 Å². The minimum absolute atomic E-state index is 0.151. The molecule has 1 saturated carbocycles. The molecule has 1 amide bonds. The van der Waals surface area contributed by atoms with Gasteiger partial charge >= 0.3 is 0 Å². The lowest BCUT2D eigenvalue weighted by molar-refractivity contribution is -0.134. The van der Waals surface area contributed by atoms with E-state index in [1.165, 1.54) is 19.3 Å². The average Bonchev–Trinajstić information content (AvgIpc) is 3.04. The molecule has 0 bridgehead atoms. The Bertz CT molecular complexity index is 313. The van der Waals surface area contributed by atoms with Gasteiger partial charge in [0.2, 0.25) is 5.91 Å². The quantitative estimate of drug-likeness (QED) is 0.744. The fraction of sp³-hybridized carbons (Fsp3) is 0.938. The van der Waals surface area contributed by atoms with Crippen molar-refractivity contribution in [1.82, 2.24) is 10.2 Å². The van der Waals surface area contributed by atoms with Gasteiger partial charge in [-0.3, -0.25) is 4.79 Å². The van der Waals surface area contributed by atoms with E-state index in [1.54, 1.807) is 0 Å². The summed E-state index contributed by atoms with van der Waals surface area (Å²) in [7, 11) is 0. The van der Waals surface area contributed by atoms with Crippen LogP contribution >= 0.6 is 0 Å². The van der Waals surface area contributed by atoms with Gasteiger partial charge in [-0.05, 0) is 39.0 Å². The molecule has 21 heavy (non-hydrogen) atoms. The third-order valence-corrected chi connectivity index (χ3v) is 4.52. The first kappa shape index (κ1) is 16.7. The Morgan fingerprint density at radius 1 is 1.24 bits per heavy atom. The van der Waals surface area contributed by atoms with Crippen molar-refractivity contribution in [3.05, 3.63) is 0 Å². The second kappa shape index (κ2) is 8.71. The molecule has 1 heterocycles. The minimum atomic E-state index is -0.540. The summed E-state index contributed by atoms with van der Waals surface area (Å²) in [5, 5.41) is 13.1. The van der Waals surface area contributed by atoms with E-state index in [2.05, 4.69) is 5.32 Å². The van der Waals surface area contributed by atoms with Crippen LogP contribution in [0, 0.1) is 0 Å². The van der Waals surface area contributed by atoms with E-state index in [1.807, 2.05) is 11.8 Å². The summed E-state index contributed by atoms with van der Waals surface area (Å²) >= 11 is 0. The number of aliphatic hydroxyl groups is 1. The van der Waals surface area contributed by atoms with Crippen molar-refractivity contribution in [2.75, 3.05) is 26.2 Å². The summed E-state index contributed by atoms with van der Waals surface area (Å²) < 4.78 is 5.69. The predicted octanol–water partition coefficient (Wildman–Crippen LogP) is 1.30. The standard InChI is InChI=1S/C16H30N2O3/c1-13(16(20)18-9-5-2-6-10-18)17-11-14(19)12-21-15-7-3-4-8-15/h13-15,17,19H,2-12H2,1H3. The van der Waals surface area contributed by atoms with E-state index < -0.39 is 6.10 Å². The average molecular weight is 298 g/mol. The summed E-state index contributed by atoms with van der Waals surface area (Å²) in [6.07, 6.45) is 7.93. The molecule has 2 aliphatic rings. The van der Waals surface area contributed by atoms with E-state index in [0.717, 1.165) is 38.8 Å². The van der Waals surface area contributed by atoms with E-state index in [0.29, 0.717) is 19.3 Å². The van der Waals surface area contributed by atoms with Gasteiger partial charge in [-0.2, -0.15) is 0 Å². The number of ether oxygens (including phenoxy) is 1. The van der Waals surface area contributed by atoms with Crippen LogP contribution in [0.4, 0.5) is 0 Å². The summed E-state index contributed by atoms with van der Waals surface area (Å²) in [4.78, 5) is 14.2. The Labute approximate surface area is 128 Å². The Morgan fingerprint density at radius 3 is 2.57 bits per heavy atom. The molecule has 0 aromatic carbocycles. The Morgan fingerprint density at radius 2 is 1.90 bits per heavy atom. The highest BCUT2D eigenvalue weighted by atomic mass is 16.5. The molecule has 1 saturated heterocycles. The molecule has 2 atom stereocenters. The number of likely N-dealkylation sites (tertiary alicyclic amines) is 1. The largest absolute Gasteiger partial charge is 0.389 e. The molecule has 0 aromatic rings. The normalized spacial score (nSPS) is 23.2. The molecule has 1 aliphatic carbocycles. The molecule has 1 aliphatic heterocycles. The molecular formula is C16H30N2O3. The van der Waals surface area contributed by atoms with Crippen molar-refractivity contribution >= 4 is 5.91 Å². The smallest absolute Gasteiger partial charge is 0.239 e. The van der Waals surface area contributed by atoms with Crippen LogP contribution in [-0.2, 0) is 9.53 Å². The first-order valence-corrected chi connectivity index (χ1v) is 8.48. The maximum Gasteiger partial charge on any atom is 0.239 e. The lowest BCUT2D eigenvalue weighted by Crippen LogP contribution is -2.48. The first-order valence-electron chi connectivity index (χ1n) is 8.48.